The number of carbonyl (C=O) groups excluding carboxylic acids is 2. The SMILES string of the molecule is O=C(Nc1cccc(C(=O)Nc2cccc(F)c2)c1)NC1CCC(O)CC1. The van der Waals surface area contributed by atoms with Gasteiger partial charge in [-0.2, -0.15) is 0 Å². The summed E-state index contributed by atoms with van der Waals surface area (Å²) >= 11 is 0. The maximum atomic E-state index is 13.2. The molecule has 1 saturated carbocycles. The number of carbonyl (C=O) groups is 2. The van der Waals surface area contributed by atoms with Crippen LogP contribution in [0.1, 0.15) is 36.0 Å². The number of rotatable bonds is 4. The highest BCUT2D eigenvalue weighted by Gasteiger charge is 2.20. The van der Waals surface area contributed by atoms with Crippen LogP contribution in [0.15, 0.2) is 48.5 Å². The first kappa shape index (κ1) is 18.8. The third-order valence-electron chi connectivity index (χ3n) is 4.50. The Balaban J connectivity index is 1.58. The summed E-state index contributed by atoms with van der Waals surface area (Å²) in [6.45, 7) is 0. The normalized spacial score (nSPS) is 19.2. The van der Waals surface area contributed by atoms with Crippen LogP contribution in [0.4, 0.5) is 20.6 Å². The number of hydrogen-bond acceptors (Lipinski definition) is 3. The number of nitrogens with one attached hydrogen (secondary N) is 3. The number of hydrogen-bond donors (Lipinski definition) is 4. The minimum atomic E-state index is -0.435. The lowest BCUT2D eigenvalue weighted by atomic mass is 9.93. The zero-order valence-corrected chi connectivity index (χ0v) is 14.7. The zero-order chi connectivity index (χ0) is 19.2. The van der Waals surface area contributed by atoms with Crippen molar-refractivity contribution in [3.63, 3.8) is 0 Å². The predicted molar refractivity (Wildman–Crippen MR) is 101 cm³/mol. The molecule has 3 amide bonds. The third-order valence-corrected chi connectivity index (χ3v) is 4.50. The highest BCUT2D eigenvalue weighted by Crippen LogP contribution is 2.19. The molecular formula is C20H22FN3O3. The Labute approximate surface area is 156 Å². The number of aliphatic hydroxyl groups excluding tert-OH is 1. The molecule has 0 spiro atoms. The standard InChI is InChI=1S/C20H22FN3O3/c21-14-4-2-6-17(12-14)22-19(26)13-3-1-5-16(11-13)24-20(27)23-15-7-9-18(25)10-8-15/h1-6,11-12,15,18,25H,7-10H2,(H,22,26)(H2,23,24,27). The van der Waals surface area contributed by atoms with Crippen molar-refractivity contribution in [3.05, 3.63) is 59.9 Å². The Morgan fingerprint density at radius 1 is 0.926 bits per heavy atom. The van der Waals surface area contributed by atoms with Gasteiger partial charge in [0.1, 0.15) is 5.82 Å². The molecule has 27 heavy (non-hydrogen) atoms. The van der Waals surface area contributed by atoms with Crippen molar-refractivity contribution < 1.29 is 19.1 Å². The van der Waals surface area contributed by atoms with Crippen molar-refractivity contribution in [1.29, 1.82) is 0 Å². The monoisotopic (exact) mass is 371 g/mol. The molecule has 2 aromatic carbocycles. The first-order chi connectivity index (χ1) is 13.0. The molecule has 3 rings (SSSR count). The van der Waals surface area contributed by atoms with Gasteiger partial charge in [0.15, 0.2) is 0 Å². The number of amides is 3. The highest BCUT2D eigenvalue weighted by atomic mass is 19.1. The van der Waals surface area contributed by atoms with Gasteiger partial charge in [-0.1, -0.05) is 12.1 Å². The van der Waals surface area contributed by atoms with Crippen LogP contribution >= 0.6 is 0 Å². The number of anilines is 2. The molecule has 0 bridgehead atoms. The maximum absolute atomic E-state index is 13.2. The van der Waals surface area contributed by atoms with Crippen LogP contribution in [-0.4, -0.2) is 29.2 Å². The van der Waals surface area contributed by atoms with Crippen molar-refractivity contribution in [2.24, 2.45) is 0 Å². The first-order valence-electron chi connectivity index (χ1n) is 8.92. The maximum Gasteiger partial charge on any atom is 0.319 e. The molecule has 6 nitrogen and oxygen atoms in total. The minimum absolute atomic E-state index is 0.0351. The molecule has 0 saturated heterocycles. The molecule has 1 fully saturated rings. The Morgan fingerprint density at radius 2 is 1.59 bits per heavy atom. The topological polar surface area (TPSA) is 90.5 Å². The van der Waals surface area contributed by atoms with Crippen LogP contribution in [0.25, 0.3) is 0 Å². The molecular weight excluding hydrogens is 349 g/mol. The van der Waals surface area contributed by atoms with Crippen LogP contribution in [0, 0.1) is 5.82 Å². The van der Waals surface area contributed by atoms with Crippen LogP contribution in [0.3, 0.4) is 0 Å². The van der Waals surface area contributed by atoms with Gasteiger partial charge in [-0.15, -0.1) is 0 Å². The van der Waals surface area contributed by atoms with Crippen molar-refractivity contribution in [3.8, 4) is 0 Å². The van der Waals surface area contributed by atoms with E-state index in [2.05, 4.69) is 16.0 Å². The second kappa shape index (κ2) is 8.64. The Kier molecular flexibility index (Phi) is 6.03. The van der Waals surface area contributed by atoms with E-state index in [0.717, 1.165) is 12.8 Å². The lowest BCUT2D eigenvalue weighted by Crippen LogP contribution is -2.40. The van der Waals surface area contributed by atoms with Gasteiger partial charge < -0.3 is 21.1 Å². The van der Waals surface area contributed by atoms with Crippen LogP contribution in [0.5, 0.6) is 0 Å². The highest BCUT2D eigenvalue weighted by molar-refractivity contribution is 6.05. The van der Waals surface area contributed by atoms with Crippen LogP contribution < -0.4 is 16.0 Å². The lowest BCUT2D eigenvalue weighted by molar-refractivity contribution is 0.102. The van der Waals surface area contributed by atoms with Crippen molar-refractivity contribution in [1.82, 2.24) is 5.32 Å². The molecule has 0 atom stereocenters. The summed E-state index contributed by atoms with van der Waals surface area (Å²) < 4.78 is 13.2. The molecule has 0 aromatic heterocycles. The van der Waals surface area contributed by atoms with Gasteiger partial charge in [0.2, 0.25) is 0 Å². The van der Waals surface area contributed by atoms with E-state index in [4.69, 9.17) is 0 Å². The summed E-state index contributed by atoms with van der Waals surface area (Å²) in [5.41, 5.74) is 1.18. The molecule has 0 unspecified atom stereocenters. The molecule has 0 aliphatic heterocycles. The molecule has 7 heteroatoms. The fraction of sp³-hybridized carbons (Fsp3) is 0.300. The largest absolute Gasteiger partial charge is 0.393 e. The summed E-state index contributed by atoms with van der Waals surface area (Å²) in [4.78, 5) is 24.5. The summed E-state index contributed by atoms with van der Waals surface area (Å²) in [6, 6.07) is 11.8. The van der Waals surface area contributed by atoms with E-state index in [0.29, 0.717) is 29.8 Å². The summed E-state index contributed by atoms with van der Waals surface area (Å²) in [6.07, 6.45) is 2.57. The Hall–Kier alpha value is -2.93. The predicted octanol–water partition coefficient (Wildman–Crippen LogP) is 3.50. The summed E-state index contributed by atoms with van der Waals surface area (Å²) in [5.74, 6) is -0.832. The van der Waals surface area contributed by atoms with E-state index in [1.54, 1.807) is 30.3 Å². The first-order valence-corrected chi connectivity index (χ1v) is 8.92. The van der Waals surface area contributed by atoms with Crippen LogP contribution in [0.2, 0.25) is 0 Å². The van der Waals surface area contributed by atoms with Crippen molar-refractivity contribution in [2.75, 3.05) is 10.6 Å². The molecule has 1 aliphatic carbocycles. The molecule has 0 heterocycles. The smallest absolute Gasteiger partial charge is 0.319 e. The van der Waals surface area contributed by atoms with E-state index < -0.39 is 11.7 Å². The van der Waals surface area contributed by atoms with E-state index in [9.17, 15) is 19.1 Å². The van der Waals surface area contributed by atoms with E-state index in [1.807, 2.05) is 0 Å². The van der Waals surface area contributed by atoms with Gasteiger partial charge in [-0.3, -0.25) is 4.79 Å². The lowest BCUT2D eigenvalue weighted by Gasteiger charge is -2.26. The van der Waals surface area contributed by atoms with Gasteiger partial charge in [-0.25, -0.2) is 9.18 Å². The fourth-order valence-corrected chi connectivity index (χ4v) is 3.08. The van der Waals surface area contributed by atoms with E-state index in [1.165, 1.54) is 18.2 Å². The van der Waals surface area contributed by atoms with Crippen molar-refractivity contribution in [2.45, 2.75) is 37.8 Å². The molecule has 1 aliphatic rings. The number of benzene rings is 2. The fourth-order valence-electron chi connectivity index (χ4n) is 3.08. The quantitative estimate of drug-likeness (QED) is 0.663. The Morgan fingerprint density at radius 3 is 2.30 bits per heavy atom. The van der Waals surface area contributed by atoms with Gasteiger partial charge >= 0.3 is 6.03 Å². The van der Waals surface area contributed by atoms with E-state index in [-0.39, 0.29) is 18.2 Å². The summed E-state index contributed by atoms with van der Waals surface area (Å²) in [7, 11) is 0. The van der Waals surface area contributed by atoms with Crippen molar-refractivity contribution >= 4 is 23.3 Å². The molecule has 0 radical (unpaired) electrons. The molecule has 2 aromatic rings. The number of urea groups is 1. The van der Waals surface area contributed by atoms with Gasteiger partial charge in [-0.05, 0) is 62.1 Å². The van der Waals surface area contributed by atoms with Gasteiger partial charge in [0.25, 0.3) is 5.91 Å². The summed E-state index contributed by atoms with van der Waals surface area (Å²) in [5, 5.41) is 17.7. The van der Waals surface area contributed by atoms with Crippen LogP contribution in [-0.2, 0) is 0 Å². The third kappa shape index (κ3) is 5.52. The number of halogens is 1. The average Bonchev–Trinajstić information content (AvgIpc) is 2.64. The second-order valence-corrected chi connectivity index (χ2v) is 6.65. The minimum Gasteiger partial charge on any atom is -0.393 e. The Bertz CT molecular complexity index is 820. The number of aliphatic hydroxyl groups is 1. The van der Waals surface area contributed by atoms with E-state index >= 15 is 0 Å². The second-order valence-electron chi connectivity index (χ2n) is 6.65. The average molecular weight is 371 g/mol. The zero-order valence-electron chi connectivity index (χ0n) is 14.7. The van der Waals surface area contributed by atoms with Gasteiger partial charge in [0, 0.05) is 23.0 Å². The van der Waals surface area contributed by atoms with Gasteiger partial charge in [0.05, 0.1) is 6.10 Å². The molecule has 4 N–H and O–H groups in total. The molecule has 142 valence electrons.